The fourth-order valence-electron chi connectivity index (χ4n) is 8.92. The largest absolute Gasteiger partial charge is 0.494 e. The van der Waals surface area contributed by atoms with Gasteiger partial charge in [0.1, 0.15) is 24.4 Å². The molecule has 72 heavy (non-hydrogen) atoms. The van der Waals surface area contributed by atoms with E-state index in [9.17, 15) is 38.6 Å². The van der Waals surface area contributed by atoms with Crippen LogP contribution >= 0.6 is 23.6 Å². The van der Waals surface area contributed by atoms with Crippen LogP contribution in [0.4, 0.5) is 20.2 Å². The molecule has 4 aromatic carbocycles. The summed E-state index contributed by atoms with van der Waals surface area (Å²) in [7, 11) is 0. The minimum Gasteiger partial charge on any atom is -0.494 e. The molecule has 0 radical (unpaired) electrons. The Morgan fingerprint density at radius 1 is 0.931 bits per heavy atom. The van der Waals surface area contributed by atoms with Crippen molar-refractivity contribution in [2.75, 3.05) is 36.2 Å². The lowest BCUT2D eigenvalue weighted by Gasteiger charge is -2.35. The molecule has 2 aliphatic rings. The smallest absolute Gasteiger partial charge is 0.271 e. The van der Waals surface area contributed by atoms with E-state index >= 15 is 0 Å². The molecule has 0 aliphatic carbocycles. The van der Waals surface area contributed by atoms with E-state index in [0.29, 0.717) is 37.5 Å². The Labute approximate surface area is 428 Å². The van der Waals surface area contributed by atoms with Gasteiger partial charge in [-0.15, -0.1) is 11.3 Å². The first-order valence-electron chi connectivity index (χ1n) is 23.8. The van der Waals surface area contributed by atoms with E-state index in [2.05, 4.69) is 15.6 Å². The van der Waals surface area contributed by atoms with Crippen LogP contribution in [0.5, 0.6) is 5.75 Å². The van der Waals surface area contributed by atoms with E-state index in [1.165, 1.54) is 28.0 Å². The van der Waals surface area contributed by atoms with E-state index in [-0.39, 0.29) is 48.4 Å². The molecule has 18 heteroatoms. The number of nitriles is 1. The Morgan fingerprint density at radius 2 is 1.56 bits per heavy atom. The van der Waals surface area contributed by atoms with E-state index in [0.717, 1.165) is 39.7 Å². The zero-order valence-corrected chi connectivity index (χ0v) is 43.1. The van der Waals surface area contributed by atoms with Gasteiger partial charge >= 0.3 is 0 Å². The summed E-state index contributed by atoms with van der Waals surface area (Å²) in [6.07, 6.45) is -0.697. The number of aliphatic hydroxyl groups excluding tert-OH is 2. The summed E-state index contributed by atoms with van der Waals surface area (Å²) in [5.41, 5.74) is 5.25. The average Bonchev–Trinajstić information content (AvgIpc) is 4.01. The van der Waals surface area contributed by atoms with Gasteiger partial charge in [-0.05, 0) is 116 Å². The summed E-state index contributed by atoms with van der Waals surface area (Å²) < 4.78 is 40.5. The molecule has 5 aromatic rings. The fourth-order valence-corrected chi connectivity index (χ4v) is 10.3. The minimum absolute atomic E-state index is 0.0263. The molecule has 2 fully saturated rings. The number of thiocarbonyl (C=S) groups is 1. The quantitative estimate of drug-likeness (QED) is 0.0487. The maximum Gasteiger partial charge on any atom is 0.271 e. The molecule has 0 saturated carbocycles. The number of halogens is 2. The zero-order valence-electron chi connectivity index (χ0n) is 41.4. The van der Waals surface area contributed by atoms with Crippen molar-refractivity contribution >= 4 is 57.8 Å². The normalized spacial score (nSPS) is 18.2. The standard InChI is InChI=1S/C54H61F2N7O7S2/c1-33-46(72-32-59-33)37-12-10-34(11-13-37)29-58-48(66)44-27-41(64)30-61(44)49(67)47(52(2,3)4)60-45(65)31-69-24-8-9-25-70-42-22-17-36(18-23-42)35-14-19-39(20-15-35)63-51(71)62(50(68)53(63,5)6)40-21-16-38(28-57)43(26-40)54(7,55)56/h10-23,26,32,41,44,47,50,64,68H,8-9,24-25,27,29-31H2,1-7H3,(H,58,66)(H,60,65)/t41-,44-,47+,50?/m0/s1. The third-order valence-corrected chi connectivity index (χ3v) is 14.3. The number of anilines is 2. The number of nitrogens with zero attached hydrogens (tertiary/aromatic N) is 5. The number of thiazole rings is 1. The topological polar surface area (TPSA) is 181 Å². The number of nitrogens with one attached hydrogen (secondary N) is 2. The van der Waals surface area contributed by atoms with Crippen LogP contribution in [0.2, 0.25) is 0 Å². The number of carbonyl (C=O) groups is 3. The summed E-state index contributed by atoms with van der Waals surface area (Å²) in [5.74, 6) is -3.90. The van der Waals surface area contributed by atoms with Gasteiger partial charge in [-0.2, -0.15) is 5.26 Å². The molecule has 14 nitrogen and oxygen atoms in total. The van der Waals surface area contributed by atoms with E-state index in [1.807, 2.05) is 120 Å². The molecule has 4 atom stereocenters. The van der Waals surface area contributed by atoms with Gasteiger partial charge in [-0.25, -0.2) is 13.8 Å². The molecule has 1 aromatic heterocycles. The maximum absolute atomic E-state index is 14.5. The number of unbranched alkanes of at least 4 members (excludes halogenated alkanes) is 1. The summed E-state index contributed by atoms with van der Waals surface area (Å²) in [4.78, 5) is 50.5. The molecule has 0 bridgehead atoms. The number of benzene rings is 4. The second-order valence-electron chi connectivity index (χ2n) is 19.9. The lowest BCUT2D eigenvalue weighted by Crippen LogP contribution is -2.58. The van der Waals surface area contributed by atoms with Crippen LogP contribution < -0.4 is 25.2 Å². The summed E-state index contributed by atoms with van der Waals surface area (Å²) in [6.45, 7) is 12.5. The van der Waals surface area contributed by atoms with Crippen LogP contribution in [-0.4, -0.2) is 99.3 Å². The lowest BCUT2D eigenvalue weighted by atomic mass is 9.85. The molecular weight excluding hydrogens is 961 g/mol. The average molecular weight is 1020 g/mol. The van der Waals surface area contributed by atoms with E-state index < -0.39 is 58.7 Å². The predicted molar refractivity (Wildman–Crippen MR) is 277 cm³/mol. The number of aryl methyl sites for hydroxylation is 1. The third kappa shape index (κ3) is 12.1. The first-order chi connectivity index (χ1) is 34.1. The molecule has 1 unspecified atom stereocenters. The van der Waals surface area contributed by atoms with Crippen LogP contribution in [0.1, 0.15) is 83.2 Å². The number of likely N-dealkylation sites (tertiary alicyclic amines) is 1. The van der Waals surface area contributed by atoms with Crippen LogP contribution in [0, 0.1) is 23.7 Å². The van der Waals surface area contributed by atoms with E-state index in [4.69, 9.17) is 21.7 Å². The highest BCUT2D eigenvalue weighted by Crippen LogP contribution is 2.42. The van der Waals surface area contributed by atoms with E-state index in [1.54, 1.807) is 21.7 Å². The number of ether oxygens (including phenoxy) is 2. The summed E-state index contributed by atoms with van der Waals surface area (Å²) in [6, 6.07) is 27.1. The van der Waals surface area contributed by atoms with Crippen molar-refractivity contribution in [1.82, 2.24) is 20.5 Å². The Bertz CT molecular complexity index is 2790. The number of aromatic nitrogens is 1. The summed E-state index contributed by atoms with van der Waals surface area (Å²) >= 11 is 7.39. The lowest BCUT2D eigenvalue weighted by molar-refractivity contribution is -0.144. The first kappa shape index (κ1) is 53.4. The number of aliphatic hydroxyl groups is 2. The fraction of sp³-hybridized carbons (Fsp3) is 0.407. The van der Waals surface area contributed by atoms with Crippen molar-refractivity contribution in [1.29, 1.82) is 5.26 Å². The monoisotopic (exact) mass is 1020 g/mol. The molecule has 2 saturated heterocycles. The van der Waals surface area contributed by atoms with Gasteiger partial charge in [0.25, 0.3) is 5.92 Å². The van der Waals surface area contributed by atoms with Gasteiger partial charge in [-0.3, -0.25) is 19.3 Å². The van der Waals surface area contributed by atoms with Gasteiger partial charge < -0.3 is 40.1 Å². The number of amides is 3. The van der Waals surface area contributed by atoms with Crippen molar-refractivity contribution in [3.63, 3.8) is 0 Å². The Kier molecular flexibility index (Phi) is 16.5. The van der Waals surface area contributed by atoms with Crippen molar-refractivity contribution in [3.05, 3.63) is 119 Å². The molecular formula is C54H61F2N7O7S2. The van der Waals surface area contributed by atoms with Crippen molar-refractivity contribution in [3.8, 4) is 33.4 Å². The number of rotatable bonds is 18. The highest BCUT2D eigenvalue weighted by Gasteiger charge is 2.50. The van der Waals surface area contributed by atoms with Gasteiger partial charge in [0.05, 0.1) is 46.0 Å². The molecule has 3 heterocycles. The highest BCUT2D eigenvalue weighted by molar-refractivity contribution is 7.80. The van der Waals surface area contributed by atoms with Crippen LogP contribution in [0.25, 0.3) is 21.6 Å². The molecule has 3 amide bonds. The number of hydrogen-bond donors (Lipinski definition) is 4. The van der Waals surface area contributed by atoms with Gasteiger partial charge in [-0.1, -0.05) is 69.3 Å². The molecule has 4 N–H and O–H groups in total. The van der Waals surface area contributed by atoms with Crippen LogP contribution in [0.15, 0.2) is 96.5 Å². The van der Waals surface area contributed by atoms with Gasteiger partial charge in [0.15, 0.2) is 11.3 Å². The molecule has 380 valence electrons. The third-order valence-electron chi connectivity index (χ3n) is 12.9. The number of alkyl halides is 2. The molecule has 7 rings (SSSR count). The van der Waals surface area contributed by atoms with Crippen LogP contribution in [0.3, 0.4) is 0 Å². The van der Waals surface area contributed by atoms with Gasteiger partial charge in [0.2, 0.25) is 17.7 Å². The number of carbonyl (C=O) groups excluding carboxylic acids is 3. The minimum atomic E-state index is -3.28. The van der Waals surface area contributed by atoms with Crippen LogP contribution in [-0.2, 0) is 31.6 Å². The highest BCUT2D eigenvalue weighted by atomic mass is 32.1. The van der Waals surface area contributed by atoms with Gasteiger partial charge in [0, 0.05) is 50.0 Å². The second-order valence-corrected chi connectivity index (χ2v) is 21.1. The molecule has 0 spiro atoms. The maximum atomic E-state index is 14.5. The Morgan fingerprint density at radius 3 is 2.17 bits per heavy atom. The molecule has 2 aliphatic heterocycles. The Balaban J connectivity index is 0.840. The number of hydrogen-bond acceptors (Lipinski definition) is 11. The first-order valence-corrected chi connectivity index (χ1v) is 25.1. The predicted octanol–water partition coefficient (Wildman–Crippen LogP) is 8.46. The van der Waals surface area contributed by atoms with Crippen molar-refractivity contribution in [2.45, 2.75) is 110 Å². The zero-order chi connectivity index (χ0) is 52.1. The summed E-state index contributed by atoms with van der Waals surface area (Å²) in [5, 5.41) is 37.4. The SMILES string of the molecule is Cc1ncsc1-c1ccc(CNC(=O)[C@@H]2C[C@H](O)CN2C(=O)[C@@H](NC(=O)COCCCCOc2ccc(-c3ccc(N4C(=S)N(c5ccc(C#N)c(C(C)(F)F)c5)C(O)C4(C)C)cc3)cc2)C(C)(C)C)cc1. The second kappa shape index (κ2) is 22.2. The number of β-amino-alcohol motifs (C(OH)–C–C–N with tert-alkyl or cyclic N) is 1. The Hall–Kier alpha value is -6.36. The van der Waals surface area contributed by atoms with Crippen molar-refractivity contribution in [2.24, 2.45) is 5.41 Å². The van der Waals surface area contributed by atoms with Crippen molar-refractivity contribution < 1.29 is 42.9 Å².